The summed E-state index contributed by atoms with van der Waals surface area (Å²) < 4.78 is 0. The van der Waals surface area contributed by atoms with E-state index in [2.05, 4.69) is 48.6 Å². The van der Waals surface area contributed by atoms with Gasteiger partial charge >= 0.3 is 0 Å². The SMILES string of the molecule is CN(C)Cc1ccccc1CNC(=O)C12CC3CC(CC(C3)C1)C2. The molecule has 1 amide bonds. The lowest BCUT2D eigenvalue weighted by atomic mass is 9.49. The summed E-state index contributed by atoms with van der Waals surface area (Å²) in [7, 11) is 4.18. The fourth-order valence-corrected chi connectivity index (χ4v) is 5.98. The number of nitrogens with zero attached hydrogens (tertiary/aromatic N) is 1. The van der Waals surface area contributed by atoms with E-state index in [1.54, 1.807) is 0 Å². The zero-order valence-electron chi connectivity index (χ0n) is 15.1. The van der Waals surface area contributed by atoms with Crippen LogP contribution in [0, 0.1) is 23.2 Å². The Labute approximate surface area is 145 Å². The van der Waals surface area contributed by atoms with Crippen LogP contribution in [0.3, 0.4) is 0 Å². The molecule has 4 fully saturated rings. The fourth-order valence-electron chi connectivity index (χ4n) is 5.98. The molecule has 1 N–H and O–H groups in total. The number of benzene rings is 1. The maximum Gasteiger partial charge on any atom is 0.226 e. The maximum atomic E-state index is 13.1. The van der Waals surface area contributed by atoms with Crippen LogP contribution in [0.25, 0.3) is 0 Å². The van der Waals surface area contributed by atoms with E-state index in [1.165, 1.54) is 30.4 Å². The summed E-state index contributed by atoms with van der Waals surface area (Å²) >= 11 is 0. The minimum Gasteiger partial charge on any atom is -0.352 e. The minimum atomic E-state index is -0.0365. The largest absolute Gasteiger partial charge is 0.352 e. The average Bonchev–Trinajstić information content (AvgIpc) is 2.52. The Balaban J connectivity index is 1.44. The van der Waals surface area contributed by atoms with Gasteiger partial charge < -0.3 is 10.2 Å². The molecular weight excluding hydrogens is 296 g/mol. The molecule has 4 bridgehead atoms. The van der Waals surface area contributed by atoms with Crippen molar-refractivity contribution < 1.29 is 4.79 Å². The second kappa shape index (κ2) is 6.18. The van der Waals surface area contributed by atoms with Crippen molar-refractivity contribution in [3.05, 3.63) is 35.4 Å². The molecule has 3 heteroatoms. The Hall–Kier alpha value is -1.35. The molecule has 0 aliphatic heterocycles. The Morgan fingerprint density at radius 1 is 1.04 bits per heavy atom. The lowest BCUT2D eigenvalue weighted by Crippen LogP contribution is -2.53. The van der Waals surface area contributed by atoms with Crippen molar-refractivity contribution in [3.63, 3.8) is 0 Å². The van der Waals surface area contributed by atoms with E-state index in [9.17, 15) is 4.79 Å². The summed E-state index contributed by atoms with van der Waals surface area (Å²) in [5.74, 6) is 2.80. The van der Waals surface area contributed by atoms with Crippen molar-refractivity contribution >= 4 is 5.91 Å². The zero-order chi connectivity index (χ0) is 16.7. The molecule has 130 valence electrons. The Morgan fingerprint density at radius 3 is 2.12 bits per heavy atom. The van der Waals surface area contributed by atoms with Crippen LogP contribution in [0.5, 0.6) is 0 Å². The Bertz CT molecular complexity index is 587. The van der Waals surface area contributed by atoms with Crippen molar-refractivity contribution in [2.75, 3.05) is 14.1 Å². The third kappa shape index (κ3) is 2.99. The Kier molecular flexibility index (Phi) is 4.16. The average molecular weight is 326 g/mol. The van der Waals surface area contributed by atoms with Crippen molar-refractivity contribution in [3.8, 4) is 0 Å². The Morgan fingerprint density at radius 2 is 1.58 bits per heavy atom. The van der Waals surface area contributed by atoms with Crippen LogP contribution >= 0.6 is 0 Å². The molecule has 0 atom stereocenters. The molecule has 0 aromatic heterocycles. The molecule has 1 aromatic rings. The van der Waals surface area contributed by atoms with Gasteiger partial charge in [-0.3, -0.25) is 4.79 Å². The summed E-state index contributed by atoms with van der Waals surface area (Å²) in [5, 5.41) is 3.31. The van der Waals surface area contributed by atoms with Gasteiger partial charge in [0, 0.05) is 18.5 Å². The molecule has 0 unspecified atom stereocenters. The van der Waals surface area contributed by atoms with Crippen LogP contribution in [-0.2, 0) is 17.9 Å². The standard InChI is InChI=1S/C21H30N2O/c1-23(2)14-19-6-4-3-5-18(19)13-22-20(24)21-10-15-7-16(11-21)9-17(8-15)12-21/h3-6,15-17H,7-14H2,1-2H3,(H,22,24). The van der Waals surface area contributed by atoms with Gasteiger partial charge in [0.15, 0.2) is 0 Å². The van der Waals surface area contributed by atoms with E-state index in [1.807, 2.05) is 0 Å². The molecule has 4 saturated carbocycles. The molecule has 4 aliphatic carbocycles. The molecule has 1 aromatic carbocycles. The van der Waals surface area contributed by atoms with Gasteiger partial charge in [-0.2, -0.15) is 0 Å². The summed E-state index contributed by atoms with van der Waals surface area (Å²) in [6, 6.07) is 8.49. The minimum absolute atomic E-state index is 0.0365. The van der Waals surface area contributed by atoms with Gasteiger partial charge in [0.25, 0.3) is 0 Å². The summed E-state index contributed by atoms with van der Waals surface area (Å²) in [6.45, 7) is 1.59. The highest BCUT2D eigenvalue weighted by Crippen LogP contribution is 2.60. The summed E-state index contributed by atoms with van der Waals surface area (Å²) in [5.41, 5.74) is 2.53. The van der Waals surface area contributed by atoms with Gasteiger partial charge in [-0.1, -0.05) is 24.3 Å². The molecular formula is C21H30N2O. The van der Waals surface area contributed by atoms with E-state index in [0.29, 0.717) is 12.5 Å². The first-order chi connectivity index (χ1) is 11.5. The first-order valence-corrected chi connectivity index (χ1v) is 9.54. The number of hydrogen-bond donors (Lipinski definition) is 1. The van der Waals surface area contributed by atoms with Gasteiger partial charge in [0.1, 0.15) is 0 Å². The van der Waals surface area contributed by atoms with E-state index in [-0.39, 0.29) is 5.41 Å². The number of nitrogens with one attached hydrogen (secondary N) is 1. The number of carbonyl (C=O) groups is 1. The van der Waals surface area contributed by atoms with Crippen molar-refractivity contribution in [1.29, 1.82) is 0 Å². The third-order valence-corrected chi connectivity index (χ3v) is 6.56. The van der Waals surface area contributed by atoms with E-state index >= 15 is 0 Å². The van der Waals surface area contributed by atoms with Crippen LogP contribution in [0.1, 0.15) is 49.7 Å². The van der Waals surface area contributed by atoms with Crippen molar-refractivity contribution in [2.24, 2.45) is 23.2 Å². The topological polar surface area (TPSA) is 32.3 Å². The van der Waals surface area contributed by atoms with Crippen molar-refractivity contribution in [1.82, 2.24) is 10.2 Å². The van der Waals surface area contributed by atoms with Crippen LogP contribution in [-0.4, -0.2) is 24.9 Å². The van der Waals surface area contributed by atoms with Crippen LogP contribution in [0.4, 0.5) is 0 Å². The van der Waals surface area contributed by atoms with Crippen LogP contribution in [0.15, 0.2) is 24.3 Å². The van der Waals surface area contributed by atoms with Gasteiger partial charge in [-0.15, -0.1) is 0 Å². The maximum absolute atomic E-state index is 13.1. The van der Waals surface area contributed by atoms with E-state index in [4.69, 9.17) is 0 Å². The van der Waals surface area contributed by atoms with Gasteiger partial charge in [-0.25, -0.2) is 0 Å². The summed E-state index contributed by atoms with van der Waals surface area (Å²) in [6.07, 6.45) is 7.59. The fraction of sp³-hybridized carbons (Fsp3) is 0.667. The second-order valence-electron chi connectivity index (χ2n) is 8.89. The first-order valence-electron chi connectivity index (χ1n) is 9.54. The van der Waals surface area contributed by atoms with Crippen LogP contribution < -0.4 is 5.32 Å². The molecule has 24 heavy (non-hydrogen) atoms. The van der Waals surface area contributed by atoms with Crippen molar-refractivity contribution in [2.45, 2.75) is 51.6 Å². The predicted octanol–water partition coefficient (Wildman–Crippen LogP) is 3.58. The van der Waals surface area contributed by atoms with E-state index < -0.39 is 0 Å². The van der Waals surface area contributed by atoms with Gasteiger partial charge in [-0.05, 0) is 81.5 Å². The number of amides is 1. The molecule has 0 saturated heterocycles. The molecule has 0 radical (unpaired) electrons. The molecule has 4 aliphatic rings. The number of rotatable bonds is 5. The second-order valence-corrected chi connectivity index (χ2v) is 8.89. The molecule has 0 heterocycles. The zero-order valence-corrected chi connectivity index (χ0v) is 15.1. The number of hydrogen-bond acceptors (Lipinski definition) is 2. The van der Waals surface area contributed by atoms with E-state index in [0.717, 1.165) is 43.6 Å². The van der Waals surface area contributed by atoms with Gasteiger partial charge in [0.05, 0.1) is 0 Å². The predicted molar refractivity (Wildman–Crippen MR) is 96.3 cm³/mol. The first kappa shape index (κ1) is 16.1. The molecule has 5 rings (SSSR count). The smallest absolute Gasteiger partial charge is 0.226 e. The lowest BCUT2D eigenvalue weighted by molar-refractivity contribution is -0.146. The number of carbonyl (C=O) groups excluding carboxylic acids is 1. The van der Waals surface area contributed by atoms with Gasteiger partial charge in [0.2, 0.25) is 5.91 Å². The quantitative estimate of drug-likeness (QED) is 0.897. The highest BCUT2D eigenvalue weighted by atomic mass is 16.2. The highest BCUT2D eigenvalue weighted by Gasteiger charge is 2.54. The third-order valence-electron chi connectivity index (χ3n) is 6.56. The van der Waals surface area contributed by atoms with Crippen LogP contribution in [0.2, 0.25) is 0 Å². The monoisotopic (exact) mass is 326 g/mol. The molecule has 3 nitrogen and oxygen atoms in total. The summed E-state index contributed by atoms with van der Waals surface area (Å²) in [4.78, 5) is 15.3. The lowest BCUT2D eigenvalue weighted by Gasteiger charge is -2.55. The molecule has 0 spiro atoms. The highest BCUT2D eigenvalue weighted by molar-refractivity contribution is 5.83. The normalized spacial score (nSPS) is 33.9.